The maximum absolute atomic E-state index is 12.9. The van der Waals surface area contributed by atoms with Gasteiger partial charge in [0.1, 0.15) is 18.5 Å². The first-order valence-corrected chi connectivity index (χ1v) is 10.4. The van der Waals surface area contributed by atoms with E-state index in [1.54, 1.807) is 14.7 Å². The van der Waals surface area contributed by atoms with Crippen LogP contribution in [0.15, 0.2) is 36.4 Å². The number of aryl methyl sites for hydroxylation is 2. The number of amides is 3. The molecule has 0 radical (unpaired) electrons. The number of nitrogens with zero attached hydrogens (tertiary/aromatic N) is 5. The van der Waals surface area contributed by atoms with Gasteiger partial charge in [-0.15, -0.1) is 0 Å². The van der Waals surface area contributed by atoms with Gasteiger partial charge in [-0.05, 0) is 38.8 Å². The minimum Gasteiger partial charge on any atom is -0.472 e. The van der Waals surface area contributed by atoms with Crippen molar-refractivity contribution in [1.82, 2.24) is 19.8 Å². The van der Waals surface area contributed by atoms with Gasteiger partial charge in [0.05, 0.1) is 6.54 Å². The predicted octanol–water partition coefficient (Wildman–Crippen LogP) is 2.41. The van der Waals surface area contributed by atoms with Crippen LogP contribution in [-0.2, 0) is 4.79 Å². The smallest absolute Gasteiger partial charge is 0.325 e. The van der Waals surface area contributed by atoms with Crippen LogP contribution in [0, 0.1) is 13.8 Å². The normalized spacial score (nSPS) is 19.3. The predicted molar refractivity (Wildman–Crippen MR) is 112 cm³/mol. The van der Waals surface area contributed by atoms with E-state index < -0.39 is 0 Å². The molecule has 2 saturated heterocycles. The Morgan fingerprint density at radius 3 is 2.70 bits per heavy atom. The molecule has 30 heavy (non-hydrogen) atoms. The Morgan fingerprint density at radius 2 is 1.93 bits per heavy atom. The fraction of sp³-hybridized carbons (Fsp3) is 0.455. The molecule has 2 aliphatic heterocycles. The number of carbonyl (C=O) groups excluding carboxylic acids is 2. The first-order valence-electron chi connectivity index (χ1n) is 10.4. The molecule has 3 heterocycles. The van der Waals surface area contributed by atoms with E-state index in [1.807, 2.05) is 50.2 Å². The van der Waals surface area contributed by atoms with Crippen molar-refractivity contribution in [3.63, 3.8) is 0 Å². The Hall–Kier alpha value is -3.16. The summed E-state index contributed by atoms with van der Waals surface area (Å²) < 4.78 is 6.03. The van der Waals surface area contributed by atoms with Gasteiger partial charge in [0.25, 0.3) is 0 Å². The SMILES string of the molecule is Cc1cc(OC2CCCN(C(=O)CN3CCN(c4ccccc4)C3=O)C2)nc(C)n1. The zero-order valence-corrected chi connectivity index (χ0v) is 17.5. The number of hydrogen-bond acceptors (Lipinski definition) is 5. The Bertz CT molecular complexity index is 900. The number of anilines is 1. The summed E-state index contributed by atoms with van der Waals surface area (Å²) in [6.07, 6.45) is 1.63. The highest BCUT2D eigenvalue weighted by molar-refractivity contribution is 5.96. The molecule has 4 rings (SSSR count). The Labute approximate surface area is 176 Å². The Kier molecular flexibility index (Phi) is 5.83. The number of hydrogen-bond donors (Lipinski definition) is 0. The van der Waals surface area contributed by atoms with Crippen molar-refractivity contribution in [2.75, 3.05) is 37.6 Å². The maximum Gasteiger partial charge on any atom is 0.325 e. The van der Waals surface area contributed by atoms with Crippen LogP contribution >= 0.6 is 0 Å². The van der Waals surface area contributed by atoms with Crippen LogP contribution in [0.1, 0.15) is 24.4 Å². The molecular formula is C22H27N5O3. The Morgan fingerprint density at radius 1 is 1.13 bits per heavy atom. The second kappa shape index (κ2) is 8.69. The molecule has 3 amide bonds. The molecule has 1 aromatic carbocycles. The molecule has 158 valence electrons. The number of urea groups is 1. The van der Waals surface area contributed by atoms with Crippen molar-refractivity contribution in [2.24, 2.45) is 0 Å². The minimum absolute atomic E-state index is 0.0402. The molecule has 0 spiro atoms. The van der Waals surface area contributed by atoms with Gasteiger partial charge in [0, 0.05) is 37.1 Å². The van der Waals surface area contributed by atoms with E-state index in [4.69, 9.17) is 4.74 Å². The van der Waals surface area contributed by atoms with E-state index >= 15 is 0 Å². The zero-order chi connectivity index (χ0) is 21.1. The minimum atomic E-state index is -0.119. The summed E-state index contributed by atoms with van der Waals surface area (Å²) in [5.41, 5.74) is 1.72. The number of ether oxygens (including phenoxy) is 1. The lowest BCUT2D eigenvalue weighted by Gasteiger charge is -2.33. The average Bonchev–Trinajstić information content (AvgIpc) is 3.08. The molecular weight excluding hydrogens is 382 g/mol. The van der Waals surface area contributed by atoms with Gasteiger partial charge in [-0.25, -0.2) is 9.78 Å². The van der Waals surface area contributed by atoms with Crippen molar-refractivity contribution in [1.29, 1.82) is 0 Å². The van der Waals surface area contributed by atoms with E-state index in [-0.39, 0.29) is 24.6 Å². The second-order valence-corrected chi connectivity index (χ2v) is 7.81. The number of para-hydroxylation sites is 1. The molecule has 8 nitrogen and oxygen atoms in total. The highest BCUT2D eigenvalue weighted by Gasteiger charge is 2.33. The maximum atomic E-state index is 12.9. The summed E-state index contributed by atoms with van der Waals surface area (Å²) in [4.78, 5) is 39.4. The quantitative estimate of drug-likeness (QED) is 0.758. The number of carbonyl (C=O) groups is 2. The van der Waals surface area contributed by atoms with Crippen molar-refractivity contribution in [3.05, 3.63) is 47.9 Å². The summed E-state index contributed by atoms with van der Waals surface area (Å²) in [6.45, 7) is 6.17. The third kappa shape index (κ3) is 4.53. The molecule has 8 heteroatoms. The molecule has 0 aliphatic carbocycles. The Balaban J connectivity index is 1.34. The average molecular weight is 409 g/mol. The number of likely N-dealkylation sites (tertiary alicyclic amines) is 1. The third-order valence-electron chi connectivity index (χ3n) is 5.45. The third-order valence-corrected chi connectivity index (χ3v) is 5.45. The van der Waals surface area contributed by atoms with Crippen LogP contribution < -0.4 is 9.64 Å². The van der Waals surface area contributed by atoms with E-state index in [1.165, 1.54) is 0 Å². The molecule has 2 aliphatic rings. The molecule has 0 bridgehead atoms. The molecule has 2 fully saturated rings. The first-order chi connectivity index (χ1) is 14.5. The molecule has 0 saturated carbocycles. The summed E-state index contributed by atoms with van der Waals surface area (Å²) in [7, 11) is 0. The summed E-state index contributed by atoms with van der Waals surface area (Å²) in [5, 5.41) is 0. The summed E-state index contributed by atoms with van der Waals surface area (Å²) >= 11 is 0. The van der Waals surface area contributed by atoms with Gasteiger partial charge in [-0.2, -0.15) is 4.98 Å². The topological polar surface area (TPSA) is 78.9 Å². The van der Waals surface area contributed by atoms with Crippen LogP contribution in [-0.4, -0.2) is 70.5 Å². The zero-order valence-electron chi connectivity index (χ0n) is 17.5. The van der Waals surface area contributed by atoms with Crippen LogP contribution in [0.3, 0.4) is 0 Å². The number of aromatic nitrogens is 2. The molecule has 0 N–H and O–H groups in total. The van der Waals surface area contributed by atoms with Gasteiger partial charge < -0.3 is 14.5 Å². The number of piperidine rings is 1. The van der Waals surface area contributed by atoms with Crippen molar-refractivity contribution in [3.8, 4) is 5.88 Å². The van der Waals surface area contributed by atoms with E-state index in [2.05, 4.69) is 9.97 Å². The van der Waals surface area contributed by atoms with Crippen molar-refractivity contribution < 1.29 is 14.3 Å². The lowest BCUT2D eigenvalue weighted by molar-refractivity contribution is -0.134. The van der Waals surface area contributed by atoms with Gasteiger partial charge in [-0.1, -0.05) is 18.2 Å². The fourth-order valence-corrected chi connectivity index (χ4v) is 4.02. The van der Waals surface area contributed by atoms with Crippen molar-refractivity contribution in [2.45, 2.75) is 32.8 Å². The van der Waals surface area contributed by atoms with E-state index in [9.17, 15) is 9.59 Å². The van der Waals surface area contributed by atoms with Gasteiger partial charge >= 0.3 is 6.03 Å². The van der Waals surface area contributed by atoms with E-state index in [0.717, 1.165) is 24.2 Å². The molecule has 2 aromatic rings. The first kappa shape index (κ1) is 20.1. The van der Waals surface area contributed by atoms with Crippen LogP contribution in [0.5, 0.6) is 5.88 Å². The van der Waals surface area contributed by atoms with Gasteiger partial charge in [-0.3, -0.25) is 9.69 Å². The monoisotopic (exact) mass is 409 g/mol. The van der Waals surface area contributed by atoms with Crippen molar-refractivity contribution >= 4 is 17.6 Å². The number of rotatable bonds is 5. The van der Waals surface area contributed by atoms with Crippen LogP contribution in [0.25, 0.3) is 0 Å². The highest BCUT2D eigenvalue weighted by Crippen LogP contribution is 2.21. The number of benzene rings is 1. The van der Waals surface area contributed by atoms with Gasteiger partial charge in [0.15, 0.2) is 0 Å². The highest BCUT2D eigenvalue weighted by atomic mass is 16.5. The largest absolute Gasteiger partial charge is 0.472 e. The van der Waals surface area contributed by atoms with Crippen LogP contribution in [0.4, 0.5) is 10.5 Å². The summed E-state index contributed by atoms with van der Waals surface area (Å²) in [5.74, 6) is 1.18. The fourth-order valence-electron chi connectivity index (χ4n) is 4.02. The van der Waals surface area contributed by atoms with Gasteiger partial charge in [0.2, 0.25) is 11.8 Å². The lowest BCUT2D eigenvalue weighted by atomic mass is 10.1. The molecule has 1 aromatic heterocycles. The molecule has 1 unspecified atom stereocenters. The lowest BCUT2D eigenvalue weighted by Crippen LogP contribution is -2.48. The summed E-state index contributed by atoms with van der Waals surface area (Å²) in [6, 6.07) is 11.2. The van der Waals surface area contributed by atoms with E-state index in [0.29, 0.717) is 37.9 Å². The molecule has 1 atom stereocenters. The van der Waals surface area contributed by atoms with Crippen LogP contribution in [0.2, 0.25) is 0 Å². The standard InChI is InChI=1S/C22H27N5O3/c1-16-13-20(24-17(2)23-16)30-19-9-6-10-25(14-19)21(28)15-26-11-12-27(22(26)29)18-7-4-3-5-8-18/h3-5,7-8,13,19H,6,9-12,14-15H2,1-2H3. The second-order valence-electron chi connectivity index (χ2n) is 7.81.